The third kappa shape index (κ3) is 5.55. The molecule has 1 aliphatic heterocycles. The van der Waals surface area contributed by atoms with Gasteiger partial charge in [-0.15, -0.1) is 12.4 Å². The fraction of sp³-hybridized carbons (Fsp3) is 0.400. The minimum atomic E-state index is -0.508. The number of amides is 3. The molecule has 0 aromatic heterocycles. The number of hydrogen-bond acceptors (Lipinski definition) is 4. The lowest BCUT2D eigenvalue weighted by Crippen LogP contribution is -2.52. The number of benzene rings is 1. The van der Waals surface area contributed by atoms with Crippen molar-refractivity contribution in [3.63, 3.8) is 0 Å². The molecule has 138 valence electrons. The van der Waals surface area contributed by atoms with Gasteiger partial charge in [-0.3, -0.25) is 14.4 Å². The number of carbonyl (C=O) groups excluding carboxylic acids is 3. The first-order valence-corrected chi connectivity index (χ1v) is 7.79. The zero-order chi connectivity index (χ0) is 17.7. The molecule has 0 bridgehead atoms. The zero-order valence-corrected chi connectivity index (χ0v) is 14.9. The Morgan fingerprint density at radius 3 is 2.32 bits per heavy atom. The van der Waals surface area contributed by atoms with Crippen LogP contribution in [0.15, 0.2) is 18.2 Å². The van der Waals surface area contributed by atoms with Crippen LogP contribution in [-0.4, -0.2) is 66.8 Å². The number of carbonyl (C=O) groups is 3. The quantitative estimate of drug-likeness (QED) is 0.767. The van der Waals surface area contributed by atoms with E-state index in [4.69, 9.17) is 17.3 Å². The predicted octanol–water partition coefficient (Wildman–Crippen LogP) is 0.260. The molecule has 1 aromatic carbocycles. The molecule has 0 saturated carbocycles. The van der Waals surface area contributed by atoms with Crippen molar-refractivity contribution >= 4 is 41.7 Å². The molecule has 1 aliphatic rings. The molecule has 10 heteroatoms. The summed E-state index contributed by atoms with van der Waals surface area (Å²) in [6, 6.07) is 3.62. The van der Waals surface area contributed by atoms with Gasteiger partial charge in [0.25, 0.3) is 5.91 Å². The standard InChI is InChI=1S/C15H18ClFN4O3.ClH/c16-12-7-10(17)1-2-11(12)15(24)21-5-3-20(4-6-21)14(23)9-19-13(22)8-18;/h1-2,7H,3-6,8-9,18H2,(H,19,22);1H. The van der Waals surface area contributed by atoms with Crippen LogP contribution in [0.25, 0.3) is 0 Å². The van der Waals surface area contributed by atoms with Crippen LogP contribution >= 0.6 is 24.0 Å². The monoisotopic (exact) mass is 392 g/mol. The lowest BCUT2D eigenvalue weighted by Gasteiger charge is -2.35. The highest BCUT2D eigenvalue weighted by atomic mass is 35.5. The third-order valence-corrected chi connectivity index (χ3v) is 4.02. The summed E-state index contributed by atoms with van der Waals surface area (Å²) in [5, 5.41) is 2.47. The lowest BCUT2D eigenvalue weighted by molar-refractivity contribution is -0.133. The Labute approximate surface area is 155 Å². The Bertz CT molecular complexity index is 652. The van der Waals surface area contributed by atoms with E-state index < -0.39 is 11.7 Å². The summed E-state index contributed by atoms with van der Waals surface area (Å²) in [4.78, 5) is 38.5. The van der Waals surface area contributed by atoms with Gasteiger partial charge in [0, 0.05) is 26.2 Å². The van der Waals surface area contributed by atoms with Crippen molar-refractivity contribution in [2.45, 2.75) is 0 Å². The van der Waals surface area contributed by atoms with Crippen LogP contribution in [0.5, 0.6) is 0 Å². The Morgan fingerprint density at radius 1 is 1.16 bits per heavy atom. The molecule has 2 rings (SSSR count). The molecule has 1 saturated heterocycles. The van der Waals surface area contributed by atoms with Gasteiger partial charge in [0.1, 0.15) is 5.82 Å². The summed E-state index contributed by atoms with van der Waals surface area (Å²) in [7, 11) is 0. The number of halogens is 3. The van der Waals surface area contributed by atoms with E-state index in [1.807, 2.05) is 0 Å². The molecular formula is C15H19Cl2FN4O3. The third-order valence-electron chi connectivity index (χ3n) is 3.70. The predicted molar refractivity (Wildman–Crippen MR) is 93.2 cm³/mol. The number of rotatable bonds is 4. The van der Waals surface area contributed by atoms with Gasteiger partial charge in [0.2, 0.25) is 11.8 Å². The Morgan fingerprint density at radius 2 is 1.76 bits per heavy atom. The highest BCUT2D eigenvalue weighted by molar-refractivity contribution is 6.33. The van der Waals surface area contributed by atoms with Crippen LogP contribution in [0.2, 0.25) is 5.02 Å². The average Bonchev–Trinajstić information content (AvgIpc) is 2.59. The Hall–Kier alpha value is -1.90. The van der Waals surface area contributed by atoms with Crippen molar-refractivity contribution in [2.75, 3.05) is 39.3 Å². The normalized spacial score (nSPS) is 13.9. The van der Waals surface area contributed by atoms with Crippen LogP contribution in [0.4, 0.5) is 4.39 Å². The molecule has 7 nitrogen and oxygen atoms in total. The van der Waals surface area contributed by atoms with Gasteiger partial charge in [-0.1, -0.05) is 11.6 Å². The Balaban J connectivity index is 0.00000312. The average molecular weight is 393 g/mol. The summed E-state index contributed by atoms with van der Waals surface area (Å²) in [5.74, 6) is -1.44. The van der Waals surface area contributed by atoms with Crippen molar-refractivity contribution in [2.24, 2.45) is 5.73 Å². The molecular weight excluding hydrogens is 374 g/mol. The van der Waals surface area contributed by atoms with Gasteiger partial charge in [-0.25, -0.2) is 4.39 Å². The highest BCUT2D eigenvalue weighted by Crippen LogP contribution is 2.19. The van der Waals surface area contributed by atoms with E-state index in [9.17, 15) is 18.8 Å². The maximum Gasteiger partial charge on any atom is 0.255 e. The molecule has 0 unspecified atom stereocenters. The molecule has 1 fully saturated rings. The molecule has 3 amide bonds. The number of piperazine rings is 1. The van der Waals surface area contributed by atoms with Gasteiger partial charge < -0.3 is 20.9 Å². The smallest absolute Gasteiger partial charge is 0.255 e. The number of hydrogen-bond donors (Lipinski definition) is 2. The van der Waals surface area contributed by atoms with Crippen molar-refractivity contribution < 1.29 is 18.8 Å². The van der Waals surface area contributed by atoms with E-state index in [1.54, 1.807) is 9.80 Å². The maximum atomic E-state index is 13.1. The summed E-state index contributed by atoms with van der Waals surface area (Å²) < 4.78 is 13.1. The molecule has 0 aliphatic carbocycles. The molecule has 3 N–H and O–H groups in total. The number of nitrogens with zero attached hydrogens (tertiary/aromatic N) is 2. The van der Waals surface area contributed by atoms with Crippen LogP contribution in [0.3, 0.4) is 0 Å². The van der Waals surface area contributed by atoms with Crippen molar-refractivity contribution in [3.05, 3.63) is 34.6 Å². The second-order valence-electron chi connectivity index (χ2n) is 5.28. The van der Waals surface area contributed by atoms with Crippen LogP contribution < -0.4 is 11.1 Å². The largest absolute Gasteiger partial charge is 0.346 e. The number of nitrogens with one attached hydrogen (secondary N) is 1. The molecule has 25 heavy (non-hydrogen) atoms. The highest BCUT2D eigenvalue weighted by Gasteiger charge is 2.26. The van der Waals surface area contributed by atoms with E-state index in [0.29, 0.717) is 26.2 Å². The van der Waals surface area contributed by atoms with Crippen molar-refractivity contribution in [1.82, 2.24) is 15.1 Å². The topological polar surface area (TPSA) is 95.7 Å². The van der Waals surface area contributed by atoms with Gasteiger partial charge >= 0.3 is 0 Å². The minimum Gasteiger partial charge on any atom is -0.346 e. The molecule has 0 radical (unpaired) electrons. The second-order valence-corrected chi connectivity index (χ2v) is 5.69. The Kier molecular flexibility index (Phi) is 8.08. The van der Waals surface area contributed by atoms with Gasteiger partial charge in [0.15, 0.2) is 0 Å². The van der Waals surface area contributed by atoms with Crippen molar-refractivity contribution in [3.8, 4) is 0 Å². The second kappa shape index (κ2) is 9.55. The van der Waals surface area contributed by atoms with E-state index >= 15 is 0 Å². The summed E-state index contributed by atoms with van der Waals surface area (Å²) in [5.41, 5.74) is 5.38. The molecule has 0 atom stereocenters. The van der Waals surface area contributed by atoms with Gasteiger partial charge in [-0.05, 0) is 18.2 Å². The fourth-order valence-corrected chi connectivity index (χ4v) is 2.60. The minimum absolute atomic E-state index is 0. The maximum absolute atomic E-state index is 13.1. The van der Waals surface area contributed by atoms with Gasteiger partial charge in [-0.2, -0.15) is 0 Å². The van der Waals surface area contributed by atoms with Crippen molar-refractivity contribution in [1.29, 1.82) is 0 Å². The van der Waals surface area contributed by atoms with E-state index in [-0.39, 0.29) is 47.9 Å². The van der Waals surface area contributed by atoms with Crippen LogP contribution in [-0.2, 0) is 9.59 Å². The summed E-state index contributed by atoms with van der Waals surface area (Å²) >= 11 is 5.90. The SMILES string of the molecule is Cl.NCC(=O)NCC(=O)N1CCN(C(=O)c2ccc(F)cc2Cl)CC1. The summed E-state index contributed by atoms with van der Waals surface area (Å²) in [6.07, 6.45) is 0. The van der Waals surface area contributed by atoms with Gasteiger partial charge in [0.05, 0.1) is 23.7 Å². The first-order valence-electron chi connectivity index (χ1n) is 7.41. The fourth-order valence-electron chi connectivity index (χ4n) is 2.35. The molecule has 1 aromatic rings. The van der Waals surface area contributed by atoms with Crippen LogP contribution in [0.1, 0.15) is 10.4 Å². The van der Waals surface area contributed by atoms with E-state index in [0.717, 1.165) is 6.07 Å². The van der Waals surface area contributed by atoms with E-state index in [1.165, 1.54) is 12.1 Å². The van der Waals surface area contributed by atoms with Crippen LogP contribution in [0, 0.1) is 5.82 Å². The first-order chi connectivity index (χ1) is 11.4. The number of nitrogens with two attached hydrogens (primary N) is 1. The zero-order valence-electron chi connectivity index (χ0n) is 13.3. The summed E-state index contributed by atoms with van der Waals surface area (Å²) in [6.45, 7) is 1.08. The lowest BCUT2D eigenvalue weighted by atomic mass is 10.1. The molecule has 1 heterocycles. The molecule has 0 spiro atoms. The first kappa shape index (κ1) is 21.1. The van der Waals surface area contributed by atoms with E-state index in [2.05, 4.69) is 5.32 Å².